The number of aromatic nitrogens is 4. The first-order valence-corrected chi connectivity index (χ1v) is 11.1. The molecule has 0 aliphatic rings. The lowest BCUT2D eigenvalue weighted by atomic mass is 10.2. The molecule has 3 aromatic rings. The highest BCUT2D eigenvalue weighted by molar-refractivity contribution is 7.89. The molecule has 0 bridgehead atoms. The number of nitrogens with one attached hydrogen (secondary N) is 1. The molecule has 0 aliphatic carbocycles. The van der Waals surface area contributed by atoms with Gasteiger partial charge in [-0.25, -0.2) is 8.42 Å². The van der Waals surface area contributed by atoms with E-state index in [0.29, 0.717) is 29.6 Å². The van der Waals surface area contributed by atoms with E-state index >= 15 is 0 Å². The molecule has 0 radical (unpaired) electrons. The molecule has 1 amide bonds. The van der Waals surface area contributed by atoms with Crippen molar-refractivity contribution in [1.29, 1.82) is 0 Å². The number of hydrogen-bond acceptors (Lipinski definition) is 6. The van der Waals surface area contributed by atoms with Crippen molar-refractivity contribution in [2.24, 2.45) is 0 Å². The Morgan fingerprint density at radius 3 is 2.30 bits per heavy atom. The van der Waals surface area contributed by atoms with Crippen LogP contribution in [0.2, 0.25) is 5.02 Å². The number of carbonyl (C=O) groups is 1. The molecule has 11 heteroatoms. The number of anilines is 1. The maximum absolute atomic E-state index is 12.5. The van der Waals surface area contributed by atoms with Crippen LogP contribution in [-0.2, 0) is 21.4 Å². The molecule has 1 heterocycles. The molecule has 0 spiro atoms. The smallest absolute Gasteiger partial charge is 0.248 e. The van der Waals surface area contributed by atoms with Crippen molar-refractivity contribution in [1.82, 2.24) is 24.5 Å². The second-order valence-electron chi connectivity index (χ2n) is 6.31. The third kappa shape index (κ3) is 5.02. The van der Waals surface area contributed by atoms with Crippen LogP contribution in [0.1, 0.15) is 13.8 Å². The van der Waals surface area contributed by atoms with Gasteiger partial charge in [-0.05, 0) is 53.7 Å². The lowest BCUT2D eigenvalue weighted by Gasteiger charge is -2.18. The van der Waals surface area contributed by atoms with Gasteiger partial charge in [-0.15, -0.1) is 10.2 Å². The van der Waals surface area contributed by atoms with Crippen LogP contribution in [-0.4, -0.2) is 51.9 Å². The van der Waals surface area contributed by atoms with Gasteiger partial charge < -0.3 is 5.32 Å². The topological polar surface area (TPSA) is 110 Å². The molecule has 0 saturated carbocycles. The summed E-state index contributed by atoms with van der Waals surface area (Å²) < 4.78 is 26.4. The molecule has 0 unspecified atom stereocenters. The van der Waals surface area contributed by atoms with E-state index in [0.717, 1.165) is 5.56 Å². The molecule has 1 aromatic heterocycles. The van der Waals surface area contributed by atoms with E-state index in [4.69, 9.17) is 11.6 Å². The van der Waals surface area contributed by atoms with Crippen LogP contribution in [0.15, 0.2) is 53.4 Å². The molecule has 3 rings (SSSR count). The van der Waals surface area contributed by atoms with Gasteiger partial charge in [0, 0.05) is 29.4 Å². The van der Waals surface area contributed by atoms with E-state index in [-0.39, 0.29) is 17.3 Å². The summed E-state index contributed by atoms with van der Waals surface area (Å²) in [6.45, 7) is 4.21. The van der Waals surface area contributed by atoms with Gasteiger partial charge in [0.25, 0.3) is 0 Å². The van der Waals surface area contributed by atoms with Crippen molar-refractivity contribution in [2.75, 3.05) is 18.4 Å². The highest BCUT2D eigenvalue weighted by Crippen LogP contribution is 2.19. The fourth-order valence-electron chi connectivity index (χ4n) is 2.78. The van der Waals surface area contributed by atoms with Crippen molar-refractivity contribution in [3.63, 3.8) is 0 Å². The Kier molecular flexibility index (Phi) is 6.80. The highest BCUT2D eigenvalue weighted by Gasteiger charge is 2.21. The van der Waals surface area contributed by atoms with Crippen molar-refractivity contribution in [3.05, 3.63) is 53.6 Å². The van der Waals surface area contributed by atoms with Gasteiger partial charge in [0.15, 0.2) is 0 Å². The third-order valence-electron chi connectivity index (χ3n) is 4.32. The Morgan fingerprint density at radius 2 is 1.70 bits per heavy atom. The number of sulfonamides is 1. The van der Waals surface area contributed by atoms with E-state index in [1.807, 2.05) is 0 Å². The Bertz CT molecular complexity index is 1110. The van der Waals surface area contributed by atoms with Gasteiger partial charge >= 0.3 is 0 Å². The van der Waals surface area contributed by atoms with Gasteiger partial charge in [0.1, 0.15) is 6.54 Å². The highest BCUT2D eigenvalue weighted by atomic mass is 35.5. The number of tetrazole rings is 1. The second-order valence-corrected chi connectivity index (χ2v) is 8.69. The van der Waals surface area contributed by atoms with Crippen LogP contribution in [0, 0.1) is 0 Å². The van der Waals surface area contributed by atoms with Crippen LogP contribution in [0.4, 0.5) is 5.69 Å². The number of benzene rings is 2. The summed E-state index contributed by atoms with van der Waals surface area (Å²) in [5.74, 6) is 0.0137. The first-order chi connectivity index (χ1) is 14.3. The Morgan fingerprint density at radius 1 is 1.07 bits per heavy atom. The summed E-state index contributed by atoms with van der Waals surface area (Å²) >= 11 is 5.86. The number of rotatable bonds is 8. The summed E-state index contributed by atoms with van der Waals surface area (Å²) in [4.78, 5) is 13.6. The van der Waals surface area contributed by atoms with Crippen LogP contribution in [0.25, 0.3) is 11.4 Å². The van der Waals surface area contributed by atoms with E-state index < -0.39 is 10.0 Å². The molecule has 1 N–H and O–H groups in total. The van der Waals surface area contributed by atoms with E-state index in [1.165, 1.54) is 21.2 Å². The summed E-state index contributed by atoms with van der Waals surface area (Å²) in [6, 6.07) is 13.0. The number of nitrogens with zero attached hydrogens (tertiary/aromatic N) is 5. The summed E-state index contributed by atoms with van der Waals surface area (Å²) in [7, 11) is -3.54. The monoisotopic (exact) mass is 448 g/mol. The lowest BCUT2D eigenvalue weighted by Crippen LogP contribution is -2.30. The van der Waals surface area contributed by atoms with E-state index in [1.54, 1.807) is 50.2 Å². The molecule has 0 saturated heterocycles. The number of halogens is 1. The molecule has 9 nitrogen and oxygen atoms in total. The first-order valence-electron chi connectivity index (χ1n) is 9.27. The fraction of sp³-hybridized carbons (Fsp3) is 0.263. The largest absolute Gasteiger partial charge is 0.324 e. The molecule has 0 atom stereocenters. The van der Waals surface area contributed by atoms with Crippen LogP contribution >= 0.6 is 11.6 Å². The van der Waals surface area contributed by atoms with Gasteiger partial charge in [0.2, 0.25) is 21.8 Å². The minimum Gasteiger partial charge on any atom is -0.324 e. The summed E-state index contributed by atoms with van der Waals surface area (Å²) in [5.41, 5.74) is 1.20. The molecule has 158 valence electrons. The van der Waals surface area contributed by atoms with Gasteiger partial charge in [-0.3, -0.25) is 4.79 Å². The average Bonchev–Trinajstić information content (AvgIpc) is 3.18. The Labute approximate surface area is 179 Å². The normalized spacial score (nSPS) is 11.6. The molecule has 0 fully saturated rings. The van der Waals surface area contributed by atoms with E-state index in [9.17, 15) is 13.2 Å². The van der Waals surface area contributed by atoms with Gasteiger partial charge in [-0.1, -0.05) is 25.4 Å². The van der Waals surface area contributed by atoms with Crippen molar-refractivity contribution in [3.8, 4) is 11.4 Å². The number of carbonyl (C=O) groups excluding carboxylic acids is 1. The van der Waals surface area contributed by atoms with Crippen molar-refractivity contribution in [2.45, 2.75) is 25.3 Å². The van der Waals surface area contributed by atoms with Gasteiger partial charge in [0.05, 0.1) is 4.90 Å². The minimum atomic E-state index is -3.54. The molecular weight excluding hydrogens is 428 g/mol. The second kappa shape index (κ2) is 9.33. The standard InChI is InChI=1S/C19H21ClN6O3S/c1-3-25(4-2)30(28,29)17-11-9-16(10-12-17)21-18(27)13-26-23-19(22-24-26)14-5-7-15(20)8-6-14/h5-12H,3-4,13H2,1-2H3,(H,21,27). The summed E-state index contributed by atoms with van der Waals surface area (Å²) in [6.07, 6.45) is 0. The maximum Gasteiger partial charge on any atom is 0.248 e. The molecule has 30 heavy (non-hydrogen) atoms. The Hall–Kier alpha value is -2.82. The van der Waals surface area contributed by atoms with Crippen LogP contribution in [0.3, 0.4) is 0 Å². The number of hydrogen-bond donors (Lipinski definition) is 1. The third-order valence-corrected chi connectivity index (χ3v) is 6.64. The quantitative estimate of drug-likeness (QED) is 0.567. The van der Waals surface area contributed by atoms with Crippen LogP contribution < -0.4 is 5.32 Å². The average molecular weight is 449 g/mol. The lowest BCUT2D eigenvalue weighted by molar-refractivity contribution is -0.117. The first kappa shape index (κ1) is 21.9. The fourth-order valence-corrected chi connectivity index (χ4v) is 4.36. The van der Waals surface area contributed by atoms with Crippen LogP contribution in [0.5, 0.6) is 0 Å². The molecule has 0 aliphatic heterocycles. The summed E-state index contributed by atoms with van der Waals surface area (Å²) in [5, 5.41) is 15.3. The van der Waals surface area contributed by atoms with E-state index in [2.05, 4.69) is 20.7 Å². The Balaban J connectivity index is 1.63. The van der Waals surface area contributed by atoms with Crippen molar-refractivity contribution < 1.29 is 13.2 Å². The predicted octanol–water partition coefficient (Wildman–Crippen LogP) is 2.66. The van der Waals surface area contributed by atoms with Crippen molar-refractivity contribution >= 4 is 33.2 Å². The van der Waals surface area contributed by atoms with Gasteiger partial charge in [-0.2, -0.15) is 9.10 Å². The molecular formula is C19H21ClN6O3S. The SMILES string of the molecule is CCN(CC)S(=O)(=O)c1ccc(NC(=O)Cn2nnc(-c3ccc(Cl)cc3)n2)cc1. The number of amides is 1. The zero-order valence-electron chi connectivity index (χ0n) is 16.5. The zero-order chi connectivity index (χ0) is 21.7. The molecule has 2 aromatic carbocycles. The zero-order valence-corrected chi connectivity index (χ0v) is 18.1. The minimum absolute atomic E-state index is 0.139. The maximum atomic E-state index is 12.5. The predicted molar refractivity (Wildman–Crippen MR) is 113 cm³/mol.